The van der Waals surface area contributed by atoms with Gasteiger partial charge in [-0.3, -0.25) is 9.59 Å². The predicted molar refractivity (Wildman–Crippen MR) is 76.6 cm³/mol. The third-order valence-electron chi connectivity index (χ3n) is 3.90. The molecule has 2 amide bonds. The second kappa shape index (κ2) is 5.93. The number of carbonyl (C=O) groups excluding carboxylic acids is 2. The number of rotatable bonds is 4. The van der Waals surface area contributed by atoms with E-state index in [1.54, 1.807) is 4.90 Å². The molecule has 110 valence electrons. The van der Waals surface area contributed by atoms with Crippen LogP contribution in [0.3, 0.4) is 0 Å². The summed E-state index contributed by atoms with van der Waals surface area (Å²) in [4.78, 5) is 26.8. The Morgan fingerprint density at radius 2 is 1.84 bits per heavy atom. The quantitative estimate of drug-likeness (QED) is 0.849. The highest BCUT2D eigenvalue weighted by Crippen LogP contribution is 2.29. The summed E-state index contributed by atoms with van der Waals surface area (Å²) in [7, 11) is 0. The minimum Gasteiger partial charge on any atom is -0.342 e. The molecule has 0 aliphatic carbocycles. The molecule has 1 N–H and O–H groups in total. The molecule has 4 nitrogen and oxygen atoms in total. The Bertz CT molecular complexity index is 347. The van der Waals surface area contributed by atoms with Gasteiger partial charge >= 0.3 is 0 Å². The summed E-state index contributed by atoms with van der Waals surface area (Å²) >= 11 is 0. The summed E-state index contributed by atoms with van der Waals surface area (Å²) in [5.41, 5.74) is -0.241. The maximum atomic E-state index is 12.6. The molecule has 1 fully saturated rings. The van der Waals surface area contributed by atoms with Crippen molar-refractivity contribution in [1.29, 1.82) is 0 Å². The summed E-state index contributed by atoms with van der Waals surface area (Å²) in [6.07, 6.45) is 1.76. The van der Waals surface area contributed by atoms with Crippen LogP contribution >= 0.6 is 0 Å². The fourth-order valence-electron chi connectivity index (χ4n) is 2.70. The molecule has 4 heteroatoms. The maximum Gasteiger partial charge on any atom is 0.246 e. The fraction of sp³-hybridized carbons (Fsp3) is 0.867. The molecule has 0 aromatic heterocycles. The lowest BCUT2D eigenvalue weighted by atomic mass is 9.81. The first-order chi connectivity index (χ1) is 8.73. The molecule has 0 bridgehead atoms. The molecule has 0 spiro atoms. The SMILES string of the molecule is CCCN1C(=O)C(C(C)CC)NC(=O)C1C(C)(C)C. The summed E-state index contributed by atoms with van der Waals surface area (Å²) in [6.45, 7) is 12.8. The highest BCUT2D eigenvalue weighted by Gasteiger charge is 2.46. The molecule has 3 atom stereocenters. The number of amides is 2. The Morgan fingerprint density at radius 1 is 1.26 bits per heavy atom. The van der Waals surface area contributed by atoms with Gasteiger partial charge in [-0.1, -0.05) is 48.0 Å². The van der Waals surface area contributed by atoms with Gasteiger partial charge in [0, 0.05) is 6.54 Å². The van der Waals surface area contributed by atoms with Crippen molar-refractivity contribution in [2.24, 2.45) is 11.3 Å². The van der Waals surface area contributed by atoms with E-state index in [1.807, 2.05) is 41.5 Å². The van der Waals surface area contributed by atoms with E-state index in [9.17, 15) is 9.59 Å². The van der Waals surface area contributed by atoms with Crippen LogP contribution in [0.2, 0.25) is 0 Å². The van der Waals surface area contributed by atoms with Gasteiger partial charge in [0.15, 0.2) is 0 Å². The van der Waals surface area contributed by atoms with Gasteiger partial charge in [-0.25, -0.2) is 0 Å². The minimum absolute atomic E-state index is 0.00847. The largest absolute Gasteiger partial charge is 0.342 e. The lowest BCUT2D eigenvalue weighted by Gasteiger charge is -2.45. The van der Waals surface area contributed by atoms with E-state index < -0.39 is 0 Å². The zero-order chi connectivity index (χ0) is 14.8. The smallest absolute Gasteiger partial charge is 0.246 e. The molecule has 1 heterocycles. The van der Waals surface area contributed by atoms with Gasteiger partial charge in [0.05, 0.1) is 0 Å². The molecule has 0 aromatic rings. The van der Waals surface area contributed by atoms with Gasteiger partial charge in [0.2, 0.25) is 11.8 Å². The van der Waals surface area contributed by atoms with Gasteiger partial charge in [-0.05, 0) is 17.8 Å². The van der Waals surface area contributed by atoms with Crippen molar-refractivity contribution in [3.8, 4) is 0 Å². The number of carbonyl (C=O) groups is 2. The first-order valence-electron chi connectivity index (χ1n) is 7.34. The molecule has 3 unspecified atom stereocenters. The Hall–Kier alpha value is -1.06. The number of nitrogens with zero attached hydrogens (tertiary/aromatic N) is 1. The third-order valence-corrected chi connectivity index (χ3v) is 3.90. The van der Waals surface area contributed by atoms with Crippen LogP contribution < -0.4 is 5.32 Å². The molecule has 1 saturated heterocycles. The Labute approximate surface area is 116 Å². The van der Waals surface area contributed by atoms with Crippen LogP contribution in [0.4, 0.5) is 0 Å². The van der Waals surface area contributed by atoms with Crippen LogP contribution in [0.25, 0.3) is 0 Å². The van der Waals surface area contributed by atoms with Crippen molar-refractivity contribution < 1.29 is 9.59 Å². The summed E-state index contributed by atoms with van der Waals surface area (Å²) < 4.78 is 0. The second-order valence-electron chi connectivity index (χ2n) is 6.67. The highest BCUT2D eigenvalue weighted by atomic mass is 16.2. The zero-order valence-electron chi connectivity index (χ0n) is 13.1. The molecule has 0 aromatic carbocycles. The van der Waals surface area contributed by atoms with Crippen molar-refractivity contribution in [1.82, 2.24) is 10.2 Å². The van der Waals surface area contributed by atoms with E-state index in [-0.39, 0.29) is 35.2 Å². The number of hydrogen-bond donors (Lipinski definition) is 1. The van der Waals surface area contributed by atoms with Crippen molar-refractivity contribution >= 4 is 11.8 Å². The predicted octanol–water partition coefficient (Wildman–Crippen LogP) is 2.18. The van der Waals surface area contributed by atoms with Crippen LogP contribution in [0.15, 0.2) is 0 Å². The van der Waals surface area contributed by atoms with Crippen LogP contribution in [0, 0.1) is 11.3 Å². The van der Waals surface area contributed by atoms with Gasteiger partial charge in [-0.2, -0.15) is 0 Å². The standard InChI is InChI=1S/C15H28N2O2/c1-7-9-17-12(15(4,5)6)13(18)16-11(14(17)19)10(3)8-2/h10-12H,7-9H2,1-6H3,(H,16,18). The average molecular weight is 268 g/mol. The monoisotopic (exact) mass is 268 g/mol. The van der Waals surface area contributed by atoms with E-state index in [2.05, 4.69) is 5.32 Å². The van der Waals surface area contributed by atoms with Gasteiger partial charge in [0.1, 0.15) is 12.1 Å². The second-order valence-corrected chi connectivity index (χ2v) is 6.67. The molecule has 1 rings (SSSR count). The molecular formula is C15H28N2O2. The Balaban J connectivity index is 3.06. The summed E-state index contributed by atoms with van der Waals surface area (Å²) in [6, 6.07) is -0.720. The molecule has 1 aliphatic rings. The van der Waals surface area contributed by atoms with E-state index >= 15 is 0 Å². The molecule has 19 heavy (non-hydrogen) atoms. The topological polar surface area (TPSA) is 49.4 Å². The maximum absolute atomic E-state index is 12.6. The Kier molecular flexibility index (Phi) is 4.99. The fourth-order valence-corrected chi connectivity index (χ4v) is 2.70. The van der Waals surface area contributed by atoms with E-state index in [4.69, 9.17) is 0 Å². The van der Waals surface area contributed by atoms with Crippen LogP contribution in [-0.4, -0.2) is 35.3 Å². The number of piperazine rings is 1. The van der Waals surface area contributed by atoms with Crippen molar-refractivity contribution in [2.75, 3.05) is 6.54 Å². The highest BCUT2D eigenvalue weighted by molar-refractivity contribution is 5.97. The molecule has 0 radical (unpaired) electrons. The molecule has 0 saturated carbocycles. The first kappa shape index (κ1) is 16.0. The van der Waals surface area contributed by atoms with Gasteiger partial charge in [-0.15, -0.1) is 0 Å². The normalized spacial score (nSPS) is 26.3. The molecular weight excluding hydrogens is 240 g/mol. The Morgan fingerprint density at radius 3 is 2.26 bits per heavy atom. The lowest BCUT2D eigenvalue weighted by Crippen LogP contribution is -2.68. The van der Waals surface area contributed by atoms with E-state index in [1.165, 1.54) is 0 Å². The summed E-state index contributed by atoms with van der Waals surface area (Å²) in [5, 5.41) is 2.93. The van der Waals surface area contributed by atoms with Gasteiger partial charge < -0.3 is 10.2 Å². The summed E-state index contributed by atoms with van der Waals surface area (Å²) in [5.74, 6) is 0.248. The first-order valence-corrected chi connectivity index (χ1v) is 7.34. The van der Waals surface area contributed by atoms with Gasteiger partial charge in [0.25, 0.3) is 0 Å². The molecule has 1 aliphatic heterocycles. The number of nitrogens with one attached hydrogen (secondary N) is 1. The minimum atomic E-state index is -0.361. The van der Waals surface area contributed by atoms with Crippen molar-refractivity contribution in [3.63, 3.8) is 0 Å². The lowest BCUT2D eigenvalue weighted by molar-refractivity contribution is -0.155. The zero-order valence-corrected chi connectivity index (χ0v) is 13.1. The third kappa shape index (κ3) is 3.28. The van der Waals surface area contributed by atoms with Crippen LogP contribution in [0.5, 0.6) is 0 Å². The van der Waals surface area contributed by atoms with Crippen molar-refractivity contribution in [2.45, 2.75) is 66.5 Å². The van der Waals surface area contributed by atoms with E-state index in [0.29, 0.717) is 6.54 Å². The van der Waals surface area contributed by atoms with Crippen molar-refractivity contribution in [3.05, 3.63) is 0 Å². The number of hydrogen-bond acceptors (Lipinski definition) is 2. The van der Waals surface area contributed by atoms with Crippen LogP contribution in [-0.2, 0) is 9.59 Å². The van der Waals surface area contributed by atoms with E-state index in [0.717, 1.165) is 12.8 Å². The van der Waals surface area contributed by atoms with Crippen LogP contribution in [0.1, 0.15) is 54.4 Å². The average Bonchev–Trinajstić information content (AvgIpc) is 2.31.